The topological polar surface area (TPSA) is 16.4 Å². The van der Waals surface area contributed by atoms with E-state index in [1.54, 1.807) is 0 Å². The fraction of sp³-hybridized carbons (Fsp3) is 0.0566. The van der Waals surface area contributed by atoms with Crippen LogP contribution in [0.2, 0.25) is 0 Å². The highest BCUT2D eigenvalue weighted by Gasteiger charge is 2.36. The molecule has 0 spiro atoms. The van der Waals surface area contributed by atoms with Gasteiger partial charge in [0.25, 0.3) is 0 Å². The third-order valence-corrected chi connectivity index (χ3v) is 11.9. The summed E-state index contributed by atoms with van der Waals surface area (Å²) in [6, 6.07) is 68.6. The first-order chi connectivity index (χ1) is 27.0. The van der Waals surface area contributed by atoms with E-state index < -0.39 is 0 Å². The van der Waals surface area contributed by atoms with Crippen molar-refractivity contribution in [3.05, 3.63) is 199 Å². The first kappa shape index (κ1) is 31.6. The molecule has 0 unspecified atom stereocenters. The highest BCUT2D eigenvalue weighted by molar-refractivity contribution is 6.10. The quantitative estimate of drug-likeness (QED) is 0.177. The number of rotatable bonds is 5. The van der Waals surface area contributed by atoms with Gasteiger partial charge in [-0.25, -0.2) is 0 Å². The molecule has 9 aromatic carbocycles. The molecule has 0 radical (unpaired) electrons. The van der Waals surface area contributed by atoms with E-state index in [4.69, 9.17) is 4.42 Å². The minimum absolute atomic E-state index is 0.132. The van der Waals surface area contributed by atoms with Gasteiger partial charge in [-0.05, 0) is 97.4 Å². The van der Waals surface area contributed by atoms with E-state index in [-0.39, 0.29) is 5.41 Å². The van der Waals surface area contributed by atoms with Gasteiger partial charge in [-0.3, -0.25) is 0 Å². The van der Waals surface area contributed by atoms with Gasteiger partial charge in [0.05, 0.1) is 5.69 Å². The predicted octanol–water partition coefficient (Wildman–Crippen LogP) is 15.0. The first-order valence-electron chi connectivity index (χ1n) is 19.1. The van der Waals surface area contributed by atoms with Gasteiger partial charge in [-0.2, -0.15) is 0 Å². The largest absolute Gasteiger partial charge is 0.455 e. The Morgan fingerprint density at radius 1 is 0.418 bits per heavy atom. The number of anilines is 3. The third kappa shape index (κ3) is 4.88. The van der Waals surface area contributed by atoms with E-state index in [1.807, 2.05) is 12.1 Å². The summed E-state index contributed by atoms with van der Waals surface area (Å²) in [6.45, 7) is 4.71. The summed E-state index contributed by atoms with van der Waals surface area (Å²) in [4.78, 5) is 2.46. The van der Waals surface area contributed by atoms with Crippen molar-refractivity contribution >= 4 is 60.5 Å². The molecule has 55 heavy (non-hydrogen) atoms. The SMILES string of the molecule is CC1(C)c2ccccc2-c2ccc(N(c3ccc(-c4cccc5c4oc4ccccc45)cc3)c3ccc4ccccc4c3-c3ccc4ccccc4c3)cc21. The van der Waals surface area contributed by atoms with Crippen molar-refractivity contribution in [2.75, 3.05) is 4.90 Å². The fourth-order valence-corrected chi connectivity index (χ4v) is 9.12. The Morgan fingerprint density at radius 2 is 1.05 bits per heavy atom. The molecule has 1 aromatic heterocycles. The molecule has 1 aliphatic rings. The number of para-hydroxylation sites is 2. The lowest BCUT2D eigenvalue weighted by molar-refractivity contribution is 0.660. The Balaban J connectivity index is 1.14. The zero-order valence-electron chi connectivity index (χ0n) is 30.8. The lowest BCUT2D eigenvalue weighted by Gasteiger charge is -2.30. The van der Waals surface area contributed by atoms with Crippen molar-refractivity contribution in [1.82, 2.24) is 0 Å². The summed E-state index contributed by atoms with van der Waals surface area (Å²) in [5, 5.41) is 7.18. The van der Waals surface area contributed by atoms with E-state index >= 15 is 0 Å². The van der Waals surface area contributed by atoms with Crippen LogP contribution in [0.5, 0.6) is 0 Å². The van der Waals surface area contributed by atoms with Crippen molar-refractivity contribution < 1.29 is 4.42 Å². The summed E-state index contributed by atoms with van der Waals surface area (Å²) in [6.07, 6.45) is 0. The van der Waals surface area contributed by atoms with Crippen molar-refractivity contribution in [2.24, 2.45) is 0 Å². The first-order valence-corrected chi connectivity index (χ1v) is 19.1. The molecule has 1 heterocycles. The van der Waals surface area contributed by atoms with Crippen LogP contribution >= 0.6 is 0 Å². The van der Waals surface area contributed by atoms with Crippen molar-refractivity contribution in [3.63, 3.8) is 0 Å². The van der Waals surface area contributed by atoms with Crippen LogP contribution in [-0.2, 0) is 5.41 Å². The van der Waals surface area contributed by atoms with Crippen molar-refractivity contribution in [2.45, 2.75) is 19.3 Å². The second-order valence-corrected chi connectivity index (χ2v) is 15.3. The maximum absolute atomic E-state index is 6.47. The molecule has 0 atom stereocenters. The number of nitrogens with zero attached hydrogens (tertiary/aromatic N) is 1. The lowest BCUT2D eigenvalue weighted by Crippen LogP contribution is -2.17. The Labute approximate surface area is 320 Å². The summed E-state index contributed by atoms with van der Waals surface area (Å²) in [5.74, 6) is 0. The van der Waals surface area contributed by atoms with Crippen LogP contribution in [0.15, 0.2) is 192 Å². The summed E-state index contributed by atoms with van der Waals surface area (Å²) < 4.78 is 6.47. The molecule has 260 valence electrons. The van der Waals surface area contributed by atoms with Crippen molar-refractivity contribution in [1.29, 1.82) is 0 Å². The highest BCUT2D eigenvalue weighted by atomic mass is 16.3. The van der Waals surface area contributed by atoms with Crippen molar-refractivity contribution in [3.8, 4) is 33.4 Å². The van der Waals surface area contributed by atoms with Gasteiger partial charge >= 0.3 is 0 Å². The molecule has 0 saturated carbocycles. The minimum Gasteiger partial charge on any atom is -0.455 e. The van der Waals surface area contributed by atoms with Gasteiger partial charge in [0.15, 0.2) is 0 Å². The molecule has 1 aliphatic carbocycles. The fourth-order valence-electron chi connectivity index (χ4n) is 9.12. The van der Waals surface area contributed by atoms with E-state index in [2.05, 4.69) is 195 Å². The second kappa shape index (κ2) is 12.1. The summed E-state index contributed by atoms with van der Waals surface area (Å²) in [7, 11) is 0. The van der Waals surface area contributed by atoms with Crippen LogP contribution in [-0.4, -0.2) is 0 Å². The Hall–Kier alpha value is -6.90. The Morgan fingerprint density at radius 3 is 1.93 bits per heavy atom. The Kier molecular flexibility index (Phi) is 6.93. The second-order valence-electron chi connectivity index (χ2n) is 15.3. The van der Waals surface area contributed by atoms with Gasteiger partial charge in [-0.1, -0.05) is 159 Å². The summed E-state index contributed by atoms with van der Waals surface area (Å²) >= 11 is 0. The summed E-state index contributed by atoms with van der Waals surface area (Å²) in [5.41, 5.74) is 15.0. The predicted molar refractivity (Wildman–Crippen MR) is 232 cm³/mol. The van der Waals surface area contributed by atoms with Crippen LogP contribution in [0.4, 0.5) is 17.1 Å². The van der Waals surface area contributed by atoms with E-state index in [0.717, 1.165) is 50.1 Å². The van der Waals surface area contributed by atoms with Gasteiger partial charge in [-0.15, -0.1) is 0 Å². The standard InChI is InChI=1S/C53H37NO/c1-53(2)47-20-9-7-16-43(47)44-30-29-40(33-48(44)53)54(39-27-24-36(25-28-39)42-18-11-19-46-45-17-8-10-21-50(45)55-52(42)46)49-31-26-35-13-5-6-15-41(35)51(49)38-23-22-34-12-3-4-14-37(34)32-38/h3-33H,1-2H3. The number of fused-ring (bicyclic) bond motifs is 8. The molecule has 0 saturated heterocycles. The molecule has 0 bridgehead atoms. The Bertz CT molecular complexity index is 3130. The highest BCUT2D eigenvalue weighted by Crippen LogP contribution is 2.52. The maximum atomic E-state index is 6.47. The van der Waals surface area contributed by atoms with E-state index in [1.165, 1.54) is 54.9 Å². The zero-order chi connectivity index (χ0) is 36.7. The van der Waals surface area contributed by atoms with Gasteiger partial charge in [0, 0.05) is 38.7 Å². The smallest absolute Gasteiger partial charge is 0.143 e. The van der Waals surface area contributed by atoms with E-state index in [9.17, 15) is 0 Å². The number of benzene rings is 9. The maximum Gasteiger partial charge on any atom is 0.143 e. The molecule has 2 nitrogen and oxygen atoms in total. The molecule has 10 aromatic rings. The lowest BCUT2D eigenvalue weighted by atomic mass is 9.82. The van der Waals surface area contributed by atoms with Gasteiger partial charge in [0.2, 0.25) is 0 Å². The average molecular weight is 704 g/mol. The molecule has 0 fully saturated rings. The monoisotopic (exact) mass is 703 g/mol. The number of hydrogen-bond acceptors (Lipinski definition) is 2. The van der Waals surface area contributed by atoms with E-state index in [0.29, 0.717) is 0 Å². The van der Waals surface area contributed by atoms with Crippen LogP contribution in [0.1, 0.15) is 25.0 Å². The van der Waals surface area contributed by atoms with Gasteiger partial charge in [0.1, 0.15) is 11.2 Å². The molecule has 2 heteroatoms. The molecule has 11 rings (SSSR count). The zero-order valence-corrected chi connectivity index (χ0v) is 30.8. The van der Waals surface area contributed by atoms with Crippen LogP contribution in [0, 0.1) is 0 Å². The molecule has 0 N–H and O–H groups in total. The minimum atomic E-state index is -0.132. The van der Waals surface area contributed by atoms with Crippen LogP contribution in [0.3, 0.4) is 0 Å². The molecular weight excluding hydrogens is 667 g/mol. The average Bonchev–Trinajstić information content (AvgIpc) is 3.73. The normalized spacial score (nSPS) is 13.1. The van der Waals surface area contributed by atoms with Crippen LogP contribution < -0.4 is 4.90 Å². The van der Waals surface area contributed by atoms with Gasteiger partial charge < -0.3 is 9.32 Å². The van der Waals surface area contributed by atoms with Crippen LogP contribution in [0.25, 0.3) is 76.9 Å². The molecule has 0 aliphatic heterocycles. The number of hydrogen-bond donors (Lipinski definition) is 0. The third-order valence-electron chi connectivity index (χ3n) is 11.9. The molecule has 0 amide bonds. The number of furan rings is 1. The molecular formula is C53H37NO.